The monoisotopic (exact) mass is 409 g/mol. The summed E-state index contributed by atoms with van der Waals surface area (Å²) >= 11 is 12.0. The lowest BCUT2D eigenvalue weighted by atomic mass is 10.1. The van der Waals surface area contributed by atoms with Crippen molar-refractivity contribution >= 4 is 41.0 Å². The van der Waals surface area contributed by atoms with Gasteiger partial charge in [-0.05, 0) is 36.4 Å². The molecule has 0 fully saturated rings. The summed E-state index contributed by atoms with van der Waals surface area (Å²) in [5.41, 5.74) is 3.31. The van der Waals surface area contributed by atoms with Gasteiger partial charge >= 0.3 is 5.97 Å². The van der Waals surface area contributed by atoms with Gasteiger partial charge in [-0.3, -0.25) is 4.40 Å². The van der Waals surface area contributed by atoms with Crippen LogP contribution in [0.15, 0.2) is 78.1 Å². The molecule has 138 valence electrons. The van der Waals surface area contributed by atoms with Crippen LogP contribution in [0.1, 0.15) is 16.1 Å². The molecular formula is C21H13Cl2N3O2. The van der Waals surface area contributed by atoms with Crippen LogP contribution in [0.25, 0.3) is 16.9 Å². The minimum Gasteiger partial charge on any atom is -0.313 e. The molecule has 2 aromatic heterocycles. The number of pyridine rings is 1. The Bertz CT molecular complexity index is 1170. The van der Waals surface area contributed by atoms with Gasteiger partial charge in [-0.25, -0.2) is 9.78 Å². The first-order valence-corrected chi connectivity index (χ1v) is 9.11. The number of fused-ring (bicyclic) bond motifs is 1. The number of hydrogen-bond donors (Lipinski definition) is 0. The fraction of sp³-hybridized carbons (Fsp3) is 0. The van der Waals surface area contributed by atoms with Gasteiger partial charge in [0.05, 0.1) is 28.2 Å². The molecule has 2 heterocycles. The third-order valence-corrected chi connectivity index (χ3v) is 4.53. The second kappa shape index (κ2) is 7.84. The normalized spacial score (nSPS) is 11.2. The second-order valence-electron chi connectivity index (χ2n) is 5.91. The van der Waals surface area contributed by atoms with E-state index in [1.807, 2.05) is 36.4 Å². The Morgan fingerprint density at radius 1 is 0.964 bits per heavy atom. The molecule has 4 rings (SSSR count). The highest BCUT2D eigenvalue weighted by Gasteiger charge is 2.13. The summed E-state index contributed by atoms with van der Waals surface area (Å²) in [7, 11) is 0. The molecule has 0 N–H and O–H groups in total. The third kappa shape index (κ3) is 3.76. The molecule has 5 nitrogen and oxygen atoms in total. The van der Waals surface area contributed by atoms with Crippen LogP contribution in [0.2, 0.25) is 10.0 Å². The van der Waals surface area contributed by atoms with Crippen LogP contribution in [-0.4, -0.2) is 21.6 Å². The van der Waals surface area contributed by atoms with E-state index in [0.29, 0.717) is 32.6 Å². The van der Waals surface area contributed by atoms with Crippen molar-refractivity contribution in [3.05, 3.63) is 94.2 Å². The van der Waals surface area contributed by atoms with Crippen molar-refractivity contribution < 1.29 is 9.63 Å². The van der Waals surface area contributed by atoms with E-state index < -0.39 is 5.97 Å². The predicted octanol–water partition coefficient (Wildman–Crippen LogP) is 5.50. The van der Waals surface area contributed by atoms with Crippen molar-refractivity contribution in [2.24, 2.45) is 5.16 Å². The summed E-state index contributed by atoms with van der Waals surface area (Å²) in [5.74, 6) is -0.582. The van der Waals surface area contributed by atoms with Crippen LogP contribution >= 0.6 is 23.2 Å². The number of oxime groups is 1. The quantitative estimate of drug-likeness (QED) is 0.254. The Kier molecular flexibility index (Phi) is 5.10. The molecule has 0 saturated heterocycles. The first-order valence-electron chi connectivity index (χ1n) is 8.35. The summed E-state index contributed by atoms with van der Waals surface area (Å²) in [6.07, 6.45) is 3.19. The standard InChI is InChI=1S/C21H13Cl2N3O2/c22-16-8-6-15(7-9-16)21(27)28-24-12-18-20(14-4-2-1-3-5-14)25-19-11-10-17(23)13-26(18)19/h1-13H/b24-12+. The van der Waals surface area contributed by atoms with E-state index in [9.17, 15) is 4.79 Å². The van der Waals surface area contributed by atoms with E-state index in [2.05, 4.69) is 10.1 Å². The molecule has 4 aromatic rings. The summed E-state index contributed by atoms with van der Waals surface area (Å²) < 4.78 is 1.80. The van der Waals surface area contributed by atoms with Crippen LogP contribution in [0.4, 0.5) is 0 Å². The summed E-state index contributed by atoms with van der Waals surface area (Å²) in [6, 6.07) is 19.6. The molecule has 0 aliphatic rings. The SMILES string of the molecule is O=C(O/N=C/c1c(-c2ccccc2)nc2ccc(Cl)cn12)c1ccc(Cl)cc1. The molecule has 0 bridgehead atoms. The zero-order valence-electron chi connectivity index (χ0n) is 14.4. The minimum atomic E-state index is -0.582. The number of hydrogen-bond acceptors (Lipinski definition) is 4. The van der Waals surface area contributed by atoms with E-state index in [4.69, 9.17) is 28.0 Å². The number of carbonyl (C=O) groups is 1. The van der Waals surface area contributed by atoms with Gasteiger partial charge in [-0.1, -0.05) is 58.7 Å². The third-order valence-electron chi connectivity index (χ3n) is 4.06. The summed E-state index contributed by atoms with van der Waals surface area (Å²) in [5, 5.41) is 4.96. The van der Waals surface area contributed by atoms with E-state index in [1.54, 1.807) is 40.9 Å². The zero-order valence-corrected chi connectivity index (χ0v) is 15.9. The van der Waals surface area contributed by atoms with Crippen LogP contribution in [0.3, 0.4) is 0 Å². The topological polar surface area (TPSA) is 56.0 Å². The molecule has 0 aliphatic carbocycles. The number of nitrogens with zero attached hydrogens (tertiary/aromatic N) is 3. The second-order valence-corrected chi connectivity index (χ2v) is 6.78. The Hall–Kier alpha value is -3.15. The van der Waals surface area contributed by atoms with Gasteiger partial charge < -0.3 is 4.84 Å². The molecule has 7 heteroatoms. The molecule has 28 heavy (non-hydrogen) atoms. The van der Waals surface area contributed by atoms with Crippen LogP contribution < -0.4 is 0 Å². The average molecular weight is 410 g/mol. The minimum absolute atomic E-state index is 0.353. The van der Waals surface area contributed by atoms with Crippen LogP contribution in [0.5, 0.6) is 0 Å². The van der Waals surface area contributed by atoms with Crippen LogP contribution in [-0.2, 0) is 4.84 Å². The van der Waals surface area contributed by atoms with Gasteiger partial charge in [0.25, 0.3) is 0 Å². The Morgan fingerprint density at radius 2 is 1.68 bits per heavy atom. The van der Waals surface area contributed by atoms with E-state index in [0.717, 1.165) is 5.56 Å². The number of halogens is 2. The largest absolute Gasteiger partial charge is 0.365 e. The summed E-state index contributed by atoms with van der Waals surface area (Å²) in [6.45, 7) is 0. The van der Waals surface area contributed by atoms with Crippen molar-refractivity contribution in [2.75, 3.05) is 0 Å². The Balaban J connectivity index is 1.68. The predicted molar refractivity (Wildman–Crippen MR) is 110 cm³/mol. The van der Waals surface area contributed by atoms with Gasteiger partial charge in [-0.15, -0.1) is 0 Å². The molecule has 0 spiro atoms. The lowest BCUT2D eigenvalue weighted by Crippen LogP contribution is -2.01. The molecule has 0 radical (unpaired) electrons. The fourth-order valence-electron chi connectivity index (χ4n) is 2.73. The van der Waals surface area contributed by atoms with Crippen molar-refractivity contribution in [1.29, 1.82) is 0 Å². The molecule has 0 saturated carbocycles. The van der Waals surface area contributed by atoms with Crippen molar-refractivity contribution in [3.63, 3.8) is 0 Å². The maximum absolute atomic E-state index is 12.1. The zero-order chi connectivity index (χ0) is 19.5. The Morgan fingerprint density at radius 3 is 2.43 bits per heavy atom. The molecule has 0 unspecified atom stereocenters. The van der Waals surface area contributed by atoms with E-state index in [-0.39, 0.29) is 0 Å². The van der Waals surface area contributed by atoms with E-state index in [1.165, 1.54) is 6.21 Å². The molecule has 0 atom stereocenters. The smallest absolute Gasteiger partial charge is 0.313 e. The highest BCUT2D eigenvalue weighted by molar-refractivity contribution is 6.30. The Labute approximate surface area is 170 Å². The molecule has 0 amide bonds. The average Bonchev–Trinajstić information content (AvgIpc) is 3.07. The van der Waals surface area contributed by atoms with Gasteiger partial charge in [0.15, 0.2) is 0 Å². The summed E-state index contributed by atoms with van der Waals surface area (Å²) in [4.78, 5) is 21.8. The maximum atomic E-state index is 12.1. The van der Waals surface area contributed by atoms with E-state index >= 15 is 0 Å². The number of aromatic nitrogens is 2. The first-order chi connectivity index (χ1) is 13.6. The fourth-order valence-corrected chi connectivity index (χ4v) is 3.02. The van der Waals surface area contributed by atoms with Gasteiger partial charge in [0, 0.05) is 16.8 Å². The van der Waals surface area contributed by atoms with Gasteiger partial charge in [-0.2, -0.15) is 0 Å². The van der Waals surface area contributed by atoms with Crippen LogP contribution in [0, 0.1) is 0 Å². The highest BCUT2D eigenvalue weighted by Crippen LogP contribution is 2.24. The molecular weight excluding hydrogens is 397 g/mol. The number of rotatable bonds is 4. The van der Waals surface area contributed by atoms with Crippen molar-refractivity contribution in [3.8, 4) is 11.3 Å². The van der Waals surface area contributed by atoms with Gasteiger partial charge in [0.2, 0.25) is 0 Å². The number of carbonyl (C=O) groups excluding carboxylic acids is 1. The van der Waals surface area contributed by atoms with Gasteiger partial charge in [0.1, 0.15) is 5.65 Å². The molecule has 2 aromatic carbocycles. The highest BCUT2D eigenvalue weighted by atomic mass is 35.5. The molecule has 0 aliphatic heterocycles. The van der Waals surface area contributed by atoms with Crippen molar-refractivity contribution in [2.45, 2.75) is 0 Å². The lowest BCUT2D eigenvalue weighted by Gasteiger charge is -2.01. The number of imidazole rings is 1. The first kappa shape index (κ1) is 18.2. The number of benzene rings is 2. The van der Waals surface area contributed by atoms with Crippen molar-refractivity contribution in [1.82, 2.24) is 9.38 Å². The lowest BCUT2D eigenvalue weighted by molar-refractivity contribution is 0.0519. The maximum Gasteiger partial charge on any atom is 0.365 e.